The Balaban J connectivity index is 1.41. The van der Waals surface area contributed by atoms with Crippen LogP contribution in [-0.4, -0.2) is 0 Å². The standard InChI is InChI=1S/C39H31N/c1-39(2)37-22-10-9-21-35(37)36-24-23-34(27-38(36)39)40(32-19-11-17-30(25-32)28-13-5-3-6-14-28)33-20-12-18-31(26-33)29-15-7-4-8-16-29/h3-27H,1-2H3. The fourth-order valence-electron chi connectivity index (χ4n) is 6.19. The molecule has 192 valence electrons. The predicted octanol–water partition coefficient (Wildman–Crippen LogP) is 10.8. The van der Waals surface area contributed by atoms with E-state index in [2.05, 4.69) is 170 Å². The fourth-order valence-corrected chi connectivity index (χ4v) is 6.19. The van der Waals surface area contributed by atoms with E-state index in [1.807, 2.05) is 0 Å². The molecule has 40 heavy (non-hydrogen) atoms. The van der Waals surface area contributed by atoms with Gasteiger partial charge in [-0.15, -0.1) is 0 Å². The van der Waals surface area contributed by atoms with E-state index in [1.54, 1.807) is 0 Å². The van der Waals surface area contributed by atoms with Crippen LogP contribution in [0.25, 0.3) is 33.4 Å². The molecule has 0 bridgehead atoms. The Morgan fingerprint density at radius 1 is 0.375 bits per heavy atom. The highest BCUT2D eigenvalue weighted by molar-refractivity contribution is 5.87. The second kappa shape index (κ2) is 9.70. The fraction of sp³-hybridized carbons (Fsp3) is 0.0769. The molecule has 0 atom stereocenters. The first-order valence-corrected chi connectivity index (χ1v) is 14.0. The van der Waals surface area contributed by atoms with Crippen molar-refractivity contribution >= 4 is 17.1 Å². The number of benzene rings is 6. The normalized spacial score (nSPS) is 12.9. The molecule has 0 aromatic heterocycles. The Bertz CT molecular complexity index is 1730. The Labute approximate surface area is 237 Å². The molecular weight excluding hydrogens is 482 g/mol. The van der Waals surface area contributed by atoms with E-state index in [0.717, 1.165) is 17.1 Å². The van der Waals surface area contributed by atoms with Gasteiger partial charge in [-0.25, -0.2) is 0 Å². The number of rotatable bonds is 5. The average molecular weight is 514 g/mol. The summed E-state index contributed by atoms with van der Waals surface area (Å²) >= 11 is 0. The molecule has 0 amide bonds. The van der Waals surface area contributed by atoms with Crippen LogP contribution in [0.4, 0.5) is 17.1 Å². The molecule has 0 spiro atoms. The van der Waals surface area contributed by atoms with Crippen LogP contribution in [0, 0.1) is 0 Å². The summed E-state index contributed by atoms with van der Waals surface area (Å²) in [5.41, 5.74) is 13.7. The topological polar surface area (TPSA) is 3.24 Å². The van der Waals surface area contributed by atoms with Crippen LogP contribution in [0.15, 0.2) is 152 Å². The van der Waals surface area contributed by atoms with Gasteiger partial charge in [0, 0.05) is 22.5 Å². The van der Waals surface area contributed by atoms with E-state index in [9.17, 15) is 0 Å². The largest absolute Gasteiger partial charge is 0.310 e. The van der Waals surface area contributed by atoms with Gasteiger partial charge in [0.25, 0.3) is 0 Å². The molecule has 0 radical (unpaired) electrons. The summed E-state index contributed by atoms with van der Waals surface area (Å²) in [5, 5.41) is 0. The molecule has 1 aliphatic carbocycles. The molecule has 0 fully saturated rings. The van der Waals surface area contributed by atoms with Crippen LogP contribution in [0.3, 0.4) is 0 Å². The van der Waals surface area contributed by atoms with Crippen molar-refractivity contribution in [2.75, 3.05) is 4.90 Å². The van der Waals surface area contributed by atoms with Crippen molar-refractivity contribution in [3.8, 4) is 33.4 Å². The van der Waals surface area contributed by atoms with Gasteiger partial charge in [0.05, 0.1) is 0 Å². The van der Waals surface area contributed by atoms with Crippen molar-refractivity contribution < 1.29 is 0 Å². The van der Waals surface area contributed by atoms with E-state index < -0.39 is 0 Å². The second-order valence-electron chi connectivity index (χ2n) is 11.1. The predicted molar refractivity (Wildman–Crippen MR) is 170 cm³/mol. The Morgan fingerprint density at radius 3 is 1.45 bits per heavy atom. The summed E-state index contributed by atoms with van der Waals surface area (Å²) in [6.45, 7) is 4.69. The number of fused-ring (bicyclic) bond motifs is 3. The zero-order valence-corrected chi connectivity index (χ0v) is 22.9. The number of hydrogen-bond acceptors (Lipinski definition) is 1. The quantitative estimate of drug-likeness (QED) is 0.222. The summed E-state index contributed by atoms with van der Waals surface area (Å²) in [4.78, 5) is 2.40. The zero-order chi connectivity index (χ0) is 27.1. The van der Waals surface area contributed by atoms with Crippen LogP contribution in [0.1, 0.15) is 25.0 Å². The highest BCUT2D eigenvalue weighted by Gasteiger charge is 2.35. The molecule has 1 nitrogen and oxygen atoms in total. The van der Waals surface area contributed by atoms with Crippen LogP contribution >= 0.6 is 0 Å². The molecule has 7 rings (SSSR count). The van der Waals surface area contributed by atoms with Crippen LogP contribution in [-0.2, 0) is 5.41 Å². The Morgan fingerprint density at radius 2 is 0.850 bits per heavy atom. The van der Waals surface area contributed by atoms with Crippen LogP contribution in [0.5, 0.6) is 0 Å². The molecule has 0 heterocycles. The molecule has 1 heteroatoms. The maximum absolute atomic E-state index is 2.40. The molecule has 1 aliphatic rings. The molecule has 6 aromatic carbocycles. The highest BCUT2D eigenvalue weighted by atomic mass is 15.1. The molecule has 0 aliphatic heterocycles. The van der Waals surface area contributed by atoms with Gasteiger partial charge in [0.2, 0.25) is 0 Å². The summed E-state index contributed by atoms with van der Waals surface area (Å²) in [7, 11) is 0. The average Bonchev–Trinajstić information content (AvgIpc) is 3.25. The third-order valence-corrected chi connectivity index (χ3v) is 8.25. The van der Waals surface area contributed by atoms with E-state index in [1.165, 1.54) is 44.5 Å². The van der Waals surface area contributed by atoms with Gasteiger partial charge in [-0.05, 0) is 80.9 Å². The summed E-state index contributed by atoms with van der Waals surface area (Å²) in [6, 6.07) is 54.8. The minimum atomic E-state index is -0.0641. The van der Waals surface area contributed by atoms with E-state index in [0.29, 0.717) is 0 Å². The molecule has 0 N–H and O–H groups in total. The SMILES string of the molecule is CC1(C)c2ccccc2-c2ccc(N(c3cccc(-c4ccccc4)c3)c3cccc(-c4ccccc4)c3)cc21. The third kappa shape index (κ3) is 4.12. The monoisotopic (exact) mass is 513 g/mol. The zero-order valence-electron chi connectivity index (χ0n) is 22.9. The molecule has 0 unspecified atom stereocenters. The van der Waals surface area contributed by atoms with Crippen molar-refractivity contribution in [2.24, 2.45) is 0 Å². The summed E-state index contributed by atoms with van der Waals surface area (Å²) in [5.74, 6) is 0. The van der Waals surface area contributed by atoms with Crippen molar-refractivity contribution in [2.45, 2.75) is 19.3 Å². The van der Waals surface area contributed by atoms with Crippen LogP contribution in [0.2, 0.25) is 0 Å². The van der Waals surface area contributed by atoms with Crippen molar-refractivity contribution in [3.63, 3.8) is 0 Å². The number of anilines is 3. The lowest BCUT2D eigenvalue weighted by atomic mass is 9.82. The minimum Gasteiger partial charge on any atom is -0.310 e. The van der Waals surface area contributed by atoms with Gasteiger partial charge in [0.1, 0.15) is 0 Å². The maximum atomic E-state index is 2.40. The number of nitrogens with zero attached hydrogens (tertiary/aromatic N) is 1. The van der Waals surface area contributed by atoms with Gasteiger partial charge in [0.15, 0.2) is 0 Å². The van der Waals surface area contributed by atoms with Gasteiger partial charge in [-0.2, -0.15) is 0 Å². The minimum absolute atomic E-state index is 0.0641. The first kappa shape index (κ1) is 24.2. The first-order valence-electron chi connectivity index (χ1n) is 14.0. The lowest BCUT2D eigenvalue weighted by Gasteiger charge is -2.29. The van der Waals surface area contributed by atoms with Crippen molar-refractivity contribution in [1.82, 2.24) is 0 Å². The second-order valence-corrected chi connectivity index (χ2v) is 11.1. The lowest BCUT2D eigenvalue weighted by Crippen LogP contribution is -2.16. The Kier molecular flexibility index (Phi) is 5.86. The summed E-state index contributed by atoms with van der Waals surface area (Å²) < 4.78 is 0. The number of hydrogen-bond donors (Lipinski definition) is 0. The van der Waals surface area contributed by atoms with Crippen molar-refractivity contribution in [1.29, 1.82) is 0 Å². The maximum Gasteiger partial charge on any atom is 0.0467 e. The van der Waals surface area contributed by atoms with Gasteiger partial charge >= 0.3 is 0 Å². The molecule has 0 saturated carbocycles. The first-order chi connectivity index (χ1) is 19.6. The molecule has 6 aromatic rings. The smallest absolute Gasteiger partial charge is 0.0467 e. The van der Waals surface area contributed by atoms with E-state index in [-0.39, 0.29) is 5.41 Å². The third-order valence-electron chi connectivity index (χ3n) is 8.25. The lowest BCUT2D eigenvalue weighted by molar-refractivity contribution is 0.660. The van der Waals surface area contributed by atoms with Crippen molar-refractivity contribution in [3.05, 3.63) is 163 Å². The van der Waals surface area contributed by atoms with Gasteiger partial charge in [-0.3, -0.25) is 0 Å². The van der Waals surface area contributed by atoms with E-state index >= 15 is 0 Å². The van der Waals surface area contributed by atoms with Crippen LogP contribution < -0.4 is 4.90 Å². The van der Waals surface area contributed by atoms with Gasteiger partial charge < -0.3 is 4.90 Å². The summed E-state index contributed by atoms with van der Waals surface area (Å²) in [6.07, 6.45) is 0. The van der Waals surface area contributed by atoms with E-state index in [4.69, 9.17) is 0 Å². The van der Waals surface area contributed by atoms with Gasteiger partial charge in [-0.1, -0.05) is 129 Å². The molecule has 0 saturated heterocycles. The molecular formula is C39H31N. The highest BCUT2D eigenvalue weighted by Crippen LogP contribution is 2.50. The Hall–Kier alpha value is -4.88.